The van der Waals surface area contributed by atoms with Gasteiger partial charge in [0.2, 0.25) is 0 Å². The molecule has 2 aromatic carbocycles. The van der Waals surface area contributed by atoms with Crippen LogP contribution in [0.4, 0.5) is 15.9 Å². The molecule has 0 saturated heterocycles. The molecule has 0 aliphatic rings. The summed E-state index contributed by atoms with van der Waals surface area (Å²) in [5, 5.41) is 21.8. The Morgan fingerprint density at radius 3 is 2.52 bits per heavy atom. The molecule has 1 N–H and O–H groups in total. The maximum atomic E-state index is 13.2. The van der Waals surface area contributed by atoms with Gasteiger partial charge in [-0.2, -0.15) is 0 Å². The molecule has 1 aromatic heterocycles. The molecular formula is C18H13FN4O3S. The first-order chi connectivity index (χ1) is 13.0. The normalized spacial score (nSPS) is 10.4. The summed E-state index contributed by atoms with van der Waals surface area (Å²) in [4.78, 5) is 22.2. The van der Waals surface area contributed by atoms with Crippen molar-refractivity contribution in [3.63, 3.8) is 0 Å². The highest BCUT2D eigenvalue weighted by Gasteiger charge is 2.09. The van der Waals surface area contributed by atoms with Crippen LogP contribution in [0.1, 0.15) is 15.9 Å². The van der Waals surface area contributed by atoms with E-state index in [0.717, 1.165) is 11.6 Å². The number of nitrogens with one attached hydrogen (secondary N) is 1. The molecule has 0 aliphatic carbocycles. The average molecular weight is 384 g/mol. The van der Waals surface area contributed by atoms with Crippen molar-refractivity contribution in [2.24, 2.45) is 0 Å². The minimum Gasteiger partial charge on any atom is -0.305 e. The number of nitrogens with zero attached hydrogens (tertiary/aromatic N) is 3. The van der Waals surface area contributed by atoms with Crippen LogP contribution < -0.4 is 5.32 Å². The number of hydrogen-bond acceptors (Lipinski definition) is 6. The first-order valence-electron chi connectivity index (χ1n) is 7.78. The van der Waals surface area contributed by atoms with E-state index < -0.39 is 16.6 Å². The molecule has 0 unspecified atom stereocenters. The van der Waals surface area contributed by atoms with Crippen molar-refractivity contribution in [3.05, 3.63) is 87.7 Å². The molecular weight excluding hydrogens is 371 g/mol. The molecule has 1 heterocycles. The maximum Gasteiger partial charge on any atom is 0.269 e. The van der Waals surface area contributed by atoms with Crippen LogP contribution in [-0.2, 0) is 5.75 Å². The van der Waals surface area contributed by atoms with Crippen LogP contribution in [0, 0.1) is 15.9 Å². The van der Waals surface area contributed by atoms with Crippen molar-refractivity contribution in [2.75, 3.05) is 5.32 Å². The Bertz CT molecular complexity index is 965. The number of carbonyl (C=O) groups excluding carboxylic acids is 1. The fourth-order valence-corrected chi connectivity index (χ4v) is 2.92. The SMILES string of the molecule is O=C(Nc1ccc(SCc2ccc([N+](=O)[O-])cc2)nn1)c1cccc(F)c1. The van der Waals surface area contributed by atoms with E-state index in [1.165, 1.54) is 42.1 Å². The van der Waals surface area contributed by atoms with Gasteiger partial charge in [-0.15, -0.1) is 10.2 Å². The van der Waals surface area contributed by atoms with Gasteiger partial charge in [-0.3, -0.25) is 14.9 Å². The first-order valence-corrected chi connectivity index (χ1v) is 8.76. The second-order valence-corrected chi connectivity index (χ2v) is 6.43. The molecule has 7 nitrogen and oxygen atoms in total. The van der Waals surface area contributed by atoms with E-state index >= 15 is 0 Å². The average Bonchev–Trinajstić information content (AvgIpc) is 2.68. The van der Waals surface area contributed by atoms with E-state index in [4.69, 9.17) is 0 Å². The molecule has 1 amide bonds. The van der Waals surface area contributed by atoms with Crippen molar-refractivity contribution >= 4 is 29.2 Å². The van der Waals surface area contributed by atoms with Gasteiger partial charge in [0.25, 0.3) is 11.6 Å². The van der Waals surface area contributed by atoms with Gasteiger partial charge in [-0.1, -0.05) is 30.0 Å². The second kappa shape index (κ2) is 8.37. The van der Waals surface area contributed by atoms with Gasteiger partial charge >= 0.3 is 0 Å². The van der Waals surface area contributed by atoms with Crippen LogP contribution in [0.15, 0.2) is 65.7 Å². The number of rotatable bonds is 6. The number of anilines is 1. The predicted molar refractivity (Wildman–Crippen MR) is 99.0 cm³/mol. The van der Waals surface area contributed by atoms with Gasteiger partial charge in [0.1, 0.15) is 10.8 Å². The lowest BCUT2D eigenvalue weighted by molar-refractivity contribution is -0.384. The van der Waals surface area contributed by atoms with Crippen molar-refractivity contribution in [3.8, 4) is 0 Å². The molecule has 136 valence electrons. The molecule has 3 aromatic rings. The zero-order chi connectivity index (χ0) is 19.2. The molecule has 0 radical (unpaired) electrons. The van der Waals surface area contributed by atoms with Crippen LogP contribution in [0.5, 0.6) is 0 Å². The van der Waals surface area contributed by atoms with Gasteiger partial charge in [0.05, 0.1) is 4.92 Å². The largest absolute Gasteiger partial charge is 0.305 e. The maximum absolute atomic E-state index is 13.2. The number of thioether (sulfide) groups is 1. The fourth-order valence-electron chi connectivity index (χ4n) is 2.15. The topological polar surface area (TPSA) is 98.0 Å². The lowest BCUT2D eigenvalue weighted by Gasteiger charge is -2.05. The molecule has 0 fully saturated rings. The Balaban J connectivity index is 1.57. The molecule has 0 atom stereocenters. The highest BCUT2D eigenvalue weighted by Crippen LogP contribution is 2.22. The van der Waals surface area contributed by atoms with Crippen molar-refractivity contribution in [2.45, 2.75) is 10.8 Å². The number of non-ortho nitro benzene ring substituents is 1. The number of benzene rings is 2. The molecule has 3 rings (SSSR count). The lowest BCUT2D eigenvalue weighted by Crippen LogP contribution is -2.13. The first kappa shape index (κ1) is 18.5. The van der Waals surface area contributed by atoms with Crippen molar-refractivity contribution in [1.82, 2.24) is 10.2 Å². The summed E-state index contributed by atoms with van der Waals surface area (Å²) < 4.78 is 13.2. The smallest absolute Gasteiger partial charge is 0.269 e. The monoisotopic (exact) mass is 384 g/mol. The Hall–Kier alpha value is -3.33. The van der Waals surface area contributed by atoms with E-state index in [0.29, 0.717) is 10.8 Å². The van der Waals surface area contributed by atoms with Crippen molar-refractivity contribution in [1.29, 1.82) is 0 Å². The van der Waals surface area contributed by atoms with Gasteiger partial charge in [-0.25, -0.2) is 4.39 Å². The van der Waals surface area contributed by atoms with E-state index in [1.54, 1.807) is 24.3 Å². The molecule has 0 aliphatic heterocycles. The number of aromatic nitrogens is 2. The summed E-state index contributed by atoms with van der Waals surface area (Å²) in [6.07, 6.45) is 0. The minimum atomic E-state index is -0.494. The predicted octanol–water partition coefficient (Wildman–Crippen LogP) is 4.07. The number of nitro groups is 1. The Labute approximate surface area is 157 Å². The highest BCUT2D eigenvalue weighted by atomic mass is 32.2. The summed E-state index contributed by atoms with van der Waals surface area (Å²) in [6, 6.07) is 14.9. The Morgan fingerprint density at radius 2 is 1.89 bits per heavy atom. The summed E-state index contributed by atoms with van der Waals surface area (Å²) >= 11 is 1.41. The Kier molecular flexibility index (Phi) is 5.72. The van der Waals surface area contributed by atoms with Crippen LogP contribution in [0.2, 0.25) is 0 Å². The summed E-state index contributed by atoms with van der Waals surface area (Å²) in [5.74, 6) is -0.146. The van der Waals surface area contributed by atoms with E-state index in [1.807, 2.05) is 0 Å². The van der Waals surface area contributed by atoms with Crippen LogP contribution in [0.25, 0.3) is 0 Å². The summed E-state index contributed by atoms with van der Waals surface area (Å²) in [5.41, 5.74) is 1.14. The Morgan fingerprint density at radius 1 is 1.11 bits per heavy atom. The van der Waals surface area contributed by atoms with Crippen LogP contribution >= 0.6 is 11.8 Å². The molecule has 0 spiro atoms. The zero-order valence-electron chi connectivity index (χ0n) is 13.8. The summed E-state index contributed by atoms with van der Waals surface area (Å²) in [7, 11) is 0. The number of nitro benzene ring substituents is 1. The van der Waals surface area contributed by atoms with Gasteiger partial charge < -0.3 is 5.32 Å². The van der Waals surface area contributed by atoms with Gasteiger partial charge in [-0.05, 0) is 35.9 Å². The minimum absolute atomic E-state index is 0.0435. The van der Waals surface area contributed by atoms with Crippen LogP contribution in [0.3, 0.4) is 0 Å². The molecule has 0 bridgehead atoms. The third kappa shape index (κ3) is 5.08. The number of hydrogen-bond donors (Lipinski definition) is 1. The number of halogens is 1. The van der Waals surface area contributed by atoms with E-state index in [-0.39, 0.29) is 17.1 Å². The quantitative estimate of drug-likeness (QED) is 0.391. The van der Waals surface area contributed by atoms with Crippen molar-refractivity contribution < 1.29 is 14.1 Å². The highest BCUT2D eigenvalue weighted by molar-refractivity contribution is 7.98. The third-order valence-corrected chi connectivity index (χ3v) is 4.49. The van der Waals surface area contributed by atoms with Gasteiger partial charge in [0, 0.05) is 23.4 Å². The lowest BCUT2D eigenvalue weighted by atomic mass is 10.2. The van der Waals surface area contributed by atoms with Gasteiger partial charge in [0.15, 0.2) is 5.82 Å². The molecule has 27 heavy (non-hydrogen) atoms. The molecule has 0 saturated carbocycles. The second-order valence-electron chi connectivity index (χ2n) is 5.43. The summed E-state index contributed by atoms with van der Waals surface area (Å²) in [6.45, 7) is 0. The number of amides is 1. The zero-order valence-corrected chi connectivity index (χ0v) is 14.6. The number of carbonyl (C=O) groups is 1. The standard InChI is InChI=1S/C18H13FN4O3S/c19-14-3-1-2-13(10-14)18(24)20-16-8-9-17(22-21-16)27-11-12-4-6-15(7-5-12)23(25)26/h1-10H,11H2,(H,20,21,24). The third-order valence-electron chi connectivity index (χ3n) is 3.50. The van der Waals surface area contributed by atoms with Crippen LogP contribution in [-0.4, -0.2) is 21.0 Å². The fraction of sp³-hybridized carbons (Fsp3) is 0.0556. The van der Waals surface area contributed by atoms with E-state index in [9.17, 15) is 19.3 Å². The van der Waals surface area contributed by atoms with E-state index in [2.05, 4.69) is 15.5 Å². The molecule has 9 heteroatoms.